The molecule has 0 aliphatic carbocycles. The Morgan fingerprint density at radius 3 is 2.74 bits per heavy atom. The lowest BCUT2D eigenvalue weighted by atomic mass is 10.2. The molecule has 1 amide bonds. The maximum atomic E-state index is 12.1. The predicted octanol–water partition coefficient (Wildman–Crippen LogP) is 3.12. The predicted molar refractivity (Wildman–Crippen MR) is 81.1 cm³/mol. The molecule has 1 heterocycles. The SMILES string of the molecule is CCSCC(C)NC(=O)c1nc(C(C)C)ncc1Cl. The number of amides is 1. The van der Waals surface area contributed by atoms with Gasteiger partial charge in [-0.1, -0.05) is 32.4 Å². The number of halogens is 1. The third kappa shape index (κ3) is 4.99. The van der Waals surface area contributed by atoms with Gasteiger partial charge in [0.2, 0.25) is 0 Å². The molecule has 0 aliphatic rings. The lowest BCUT2D eigenvalue weighted by Gasteiger charge is -2.14. The van der Waals surface area contributed by atoms with Crippen molar-refractivity contribution < 1.29 is 4.79 Å². The Morgan fingerprint density at radius 2 is 2.16 bits per heavy atom. The van der Waals surface area contributed by atoms with Gasteiger partial charge in [0.1, 0.15) is 11.5 Å². The van der Waals surface area contributed by atoms with Crippen LogP contribution in [0.5, 0.6) is 0 Å². The summed E-state index contributed by atoms with van der Waals surface area (Å²) in [6, 6.07) is 0.0889. The van der Waals surface area contributed by atoms with Crippen molar-refractivity contribution in [2.45, 2.75) is 39.7 Å². The van der Waals surface area contributed by atoms with Crippen LogP contribution >= 0.6 is 23.4 Å². The zero-order valence-corrected chi connectivity index (χ0v) is 13.3. The van der Waals surface area contributed by atoms with Gasteiger partial charge >= 0.3 is 0 Å². The normalized spacial score (nSPS) is 12.5. The van der Waals surface area contributed by atoms with Crippen LogP contribution in [0.25, 0.3) is 0 Å². The van der Waals surface area contributed by atoms with Crippen molar-refractivity contribution >= 4 is 29.3 Å². The minimum atomic E-state index is -0.237. The number of thioether (sulfide) groups is 1. The molecule has 6 heteroatoms. The van der Waals surface area contributed by atoms with Gasteiger partial charge in [0, 0.05) is 17.7 Å². The van der Waals surface area contributed by atoms with Crippen LogP contribution in [0.4, 0.5) is 0 Å². The fraction of sp³-hybridized carbons (Fsp3) is 0.615. The molecular weight excluding hydrogens is 282 g/mol. The first-order chi connectivity index (χ1) is 8.95. The summed E-state index contributed by atoms with van der Waals surface area (Å²) in [5.74, 6) is 2.47. The summed E-state index contributed by atoms with van der Waals surface area (Å²) in [6.45, 7) is 8.02. The highest BCUT2D eigenvalue weighted by Gasteiger charge is 2.17. The minimum Gasteiger partial charge on any atom is -0.347 e. The van der Waals surface area contributed by atoms with Crippen molar-refractivity contribution in [2.75, 3.05) is 11.5 Å². The molecule has 0 bridgehead atoms. The Labute approximate surface area is 123 Å². The van der Waals surface area contributed by atoms with Crippen LogP contribution in [0, 0.1) is 0 Å². The van der Waals surface area contributed by atoms with Gasteiger partial charge in [-0.05, 0) is 12.7 Å². The quantitative estimate of drug-likeness (QED) is 0.877. The minimum absolute atomic E-state index is 0.0889. The van der Waals surface area contributed by atoms with E-state index >= 15 is 0 Å². The Kier molecular flexibility index (Phi) is 6.58. The molecule has 0 saturated heterocycles. The van der Waals surface area contributed by atoms with Crippen LogP contribution in [0.15, 0.2) is 6.20 Å². The first kappa shape index (κ1) is 16.2. The van der Waals surface area contributed by atoms with E-state index in [-0.39, 0.29) is 28.6 Å². The van der Waals surface area contributed by atoms with Gasteiger partial charge in [0.15, 0.2) is 0 Å². The summed E-state index contributed by atoms with van der Waals surface area (Å²) in [4.78, 5) is 20.5. The molecule has 1 aromatic heterocycles. The first-order valence-electron chi connectivity index (χ1n) is 6.36. The molecule has 1 aromatic rings. The molecule has 0 spiro atoms. The summed E-state index contributed by atoms with van der Waals surface area (Å²) in [5.41, 5.74) is 0.258. The van der Waals surface area contributed by atoms with E-state index in [1.165, 1.54) is 6.20 Å². The lowest BCUT2D eigenvalue weighted by Crippen LogP contribution is -2.35. The second kappa shape index (κ2) is 7.70. The van der Waals surface area contributed by atoms with Gasteiger partial charge in [0.25, 0.3) is 5.91 Å². The van der Waals surface area contributed by atoms with Crippen LogP contribution in [0.3, 0.4) is 0 Å². The van der Waals surface area contributed by atoms with Crippen LogP contribution < -0.4 is 5.32 Å². The molecule has 1 unspecified atom stereocenters. The fourth-order valence-electron chi connectivity index (χ4n) is 1.45. The second-order valence-electron chi connectivity index (χ2n) is 4.61. The Morgan fingerprint density at radius 1 is 1.47 bits per heavy atom. The number of carbonyl (C=O) groups is 1. The summed E-state index contributed by atoms with van der Waals surface area (Å²) >= 11 is 7.78. The highest BCUT2D eigenvalue weighted by Crippen LogP contribution is 2.16. The number of nitrogens with one attached hydrogen (secondary N) is 1. The average Bonchev–Trinajstić information content (AvgIpc) is 2.36. The van der Waals surface area contributed by atoms with Gasteiger partial charge < -0.3 is 5.32 Å². The Balaban J connectivity index is 2.78. The van der Waals surface area contributed by atoms with E-state index in [1.54, 1.807) is 11.8 Å². The number of hydrogen-bond acceptors (Lipinski definition) is 4. The van der Waals surface area contributed by atoms with Crippen molar-refractivity contribution in [1.82, 2.24) is 15.3 Å². The molecule has 0 aromatic carbocycles. The monoisotopic (exact) mass is 301 g/mol. The molecule has 0 saturated carbocycles. The average molecular weight is 302 g/mol. The van der Waals surface area contributed by atoms with Crippen molar-refractivity contribution in [3.63, 3.8) is 0 Å². The number of rotatable bonds is 6. The zero-order chi connectivity index (χ0) is 14.4. The molecule has 1 rings (SSSR count). The van der Waals surface area contributed by atoms with Crippen molar-refractivity contribution in [3.8, 4) is 0 Å². The zero-order valence-electron chi connectivity index (χ0n) is 11.7. The van der Waals surface area contributed by atoms with Gasteiger partial charge in [0.05, 0.1) is 11.2 Å². The van der Waals surface area contributed by atoms with E-state index in [4.69, 9.17) is 11.6 Å². The number of carbonyl (C=O) groups excluding carboxylic acids is 1. The number of hydrogen-bond donors (Lipinski definition) is 1. The maximum absolute atomic E-state index is 12.1. The molecule has 1 atom stereocenters. The number of nitrogens with zero attached hydrogens (tertiary/aromatic N) is 2. The van der Waals surface area contributed by atoms with Gasteiger partial charge in [-0.25, -0.2) is 9.97 Å². The van der Waals surface area contributed by atoms with E-state index < -0.39 is 0 Å². The highest BCUT2D eigenvalue weighted by molar-refractivity contribution is 7.99. The van der Waals surface area contributed by atoms with E-state index in [2.05, 4.69) is 22.2 Å². The Bertz CT molecular complexity index is 440. The molecule has 0 radical (unpaired) electrons. The lowest BCUT2D eigenvalue weighted by molar-refractivity contribution is 0.0938. The van der Waals surface area contributed by atoms with E-state index in [0.29, 0.717) is 5.82 Å². The fourth-order valence-corrected chi connectivity index (χ4v) is 2.30. The number of aromatic nitrogens is 2. The molecule has 106 valence electrons. The van der Waals surface area contributed by atoms with Crippen molar-refractivity contribution in [1.29, 1.82) is 0 Å². The van der Waals surface area contributed by atoms with E-state index in [9.17, 15) is 4.79 Å². The van der Waals surface area contributed by atoms with Gasteiger partial charge in [-0.2, -0.15) is 11.8 Å². The van der Waals surface area contributed by atoms with Gasteiger partial charge in [-0.3, -0.25) is 4.79 Å². The molecule has 0 aliphatic heterocycles. The molecule has 0 fully saturated rings. The van der Waals surface area contributed by atoms with Crippen LogP contribution in [-0.4, -0.2) is 33.4 Å². The van der Waals surface area contributed by atoms with E-state index in [1.807, 2.05) is 20.8 Å². The van der Waals surface area contributed by atoms with Crippen molar-refractivity contribution in [2.24, 2.45) is 0 Å². The van der Waals surface area contributed by atoms with E-state index in [0.717, 1.165) is 11.5 Å². The van der Waals surface area contributed by atoms with Crippen LogP contribution in [0.1, 0.15) is 49.9 Å². The summed E-state index contributed by atoms with van der Waals surface area (Å²) < 4.78 is 0. The molecule has 19 heavy (non-hydrogen) atoms. The largest absolute Gasteiger partial charge is 0.347 e. The first-order valence-corrected chi connectivity index (χ1v) is 7.90. The second-order valence-corrected chi connectivity index (χ2v) is 6.34. The van der Waals surface area contributed by atoms with Gasteiger partial charge in [-0.15, -0.1) is 0 Å². The summed E-state index contributed by atoms with van der Waals surface area (Å²) in [6.07, 6.45) is 1.49. The smallest absolute Gasteiger partial charge is 0.271 e. The third-order valence-electron chi connectivity index (χ3n) is 2.44. The Hall–Kier alpha value is -0.810. The third-order valence-corrected chi connectivity index (χ3v) is 3.86. The molecule has 1 N–H and O–H groups in total. The maximum Gasteiger partial charge on any atom is 0.271 e. The topological polar surface area (TPSA) is 54.9 Å². The summed E-state index contributed by atoms with van der Waals surface area (Å²) in [7, 11) is 0. The van der Waals surface area contributed by atoms with Crippen LogP contribution in [-0.2, 0) is 0 Å². The highest BCUT2D eigenvalue weighted by atomic mass is 35.5. The molecular formula is C13H20ClN3OS. The molecule has 4 nitrogen and oxygen atoms in total. The summed E-state index contributed by atoms with van der Waals surface area (Å²) in [5, 5.41) is 3.19. The van der Waals surface area contributed by atoms with Crippen LogP contribution in [0.2, 0.25) is 5.02 Å². The van der Waals surface area contributed by atoms with Crippen molar-refractivity contribution in [3.05, 3.63) is 22.7 Å². The standard InChI is InChI=1S/C13H20ClN3OS/c1-5-19-7-9(4)16-13(18)11-10(14)6-15-12(17-11)8(2)3/h6,8-9H,5,7H2,1-4H3,(H,16,18).